The second-order valence-electron chi connectivity index (χ2n) is 7.09. The third kappa shape index (κ3) is 5.92. The maximum Gasteiger partial charge on any atom is 0.142 e. The molecule has 156 valence electrons. The largest absolute Gasteiger partial charge is 0.206 e. The van der Waals surface area contributed by atoms with Gasteiger partial charge in [-0.2, -0.15) is 4.99 Å². The zero-order chi connectivity index (χ0) is 22.2. The van der Waals surface area contributed by atoms with Gasteiger partial charge in [-0.3, -0.25) is 0 Å². The molecule has 3 rings (SSSR count). The molecule has 0 aliphatic heterocycles. The molecule has 0 spiro atoms. The SMILES string of the molecule is CCCCCc1cc(F)c(C#Cc2ccc(-c3ccc(N=C=S)cc3)c(F)c2)c(F)c1. The van der Waals surface area contributed by atoms with Gasteiger partial charge in [-0.1, -0.05) is 49.8 Å². The van der Waals surface area contributed by atoms with Crippen LogP contribution in [-0.2, 0) is 6.42 Å². The molecule has 0 fully saturated rings. The summed E-state index contributed by atoms with van der Waals surface area (Å²) in [6, 6.07) is 14.0. The lowest BCUT2D eigenvalue weighted by molar-refractivity contribution is 0.572. The van der Waals surface area contributed by atoms with Crippen LogP contribution in [0.15, 0.2) is 59.6 Å². The third-order valence-corrected chi connectivity index (χ3v) is 4.92. The summed E-state index contributed by atoms with van der Waals surface area (Å²) in [6.45, 7) is 2.07. The summed E-state index contributed by atoms with van der Waals surface area (Å²) in [5.41, 5.74) is 2.31. The summed E-state index contributed by atoms with van der Waals surface area (Å²) in [7, 11) is 0. The maximum absolute atomic E-state index is 14.6. The van der Waals surface area contributed by atoms with Crippen LogP contribution >= 0.6 is 12.2 Å². The van der Waals surface area contributed by atoms with E-state index in [0.29, 0.717) is 34.4 Å². The van der Waals surface area contributed by atoms with Crippen LogP contribution in [0.5, 0.6) is 0 Å². The number of aliphatic imine (C=N–C) groups is 1. The summed E-state index contributed by atoms with van der Waals surface area (Å²) >= 11 is 4.56. The Kier molecular flexibility index (Phi) is 7.78. The van der Waals surface area contributed by atoms with Crippen LogP contribution < -0.4 is 0 Å². The highest BCUT2D eigenvalue weighted by Gasteiger charge is 2.10. The van der Waals surface area contributed by atoms with E-state index < -0.39 is 17.5 Å². The van der Waals surface area contributed by atoms with E-state index in [1.54, 1.807) is 36.4 Å². The molecular formula is C26H20F3NS. The van der Waals surface area contributed by atoms with Crippen molar-refractivity contribution in [1.82, 2.24) is 0 Å². The fourth-order valence-corrected chi connectivity index (χ4v) is 3.30. The molecule has 1 nitrogen and oxygen atoms in total. The van der Waals surface area contributed by atoms with Gasteiger partial charge in [0.05, 0.1) is 16.4 Å². The van der Waals surface area contributed by atoms with E-state index >= 15 is 0 Å². The van der Waals surface area contributed by atoms with Crippen molar-refractivity contribution in [3.05, 3.63) is 88.7 Å². The van der Waals surface area contributed by atoms with Crippen LogP contribution in [0, 0.1) is 29.3 Å². The zero-order valence-corrected chi connectivity index (χ0v) is 17.8. The number of hydrogen-bond donors (Lipinski definition) is 0. The summed E-state index contributed by atoms with van der Waals surface area (Å²) in [5, 5.41) is 2.28. The van der Waals surface area contributed by atoms with Gasteiger partial charge in [-0.25, -0.2) is 13.2 Å². The molecule has 0 saturated heterocycles. The van der Waals surface area contributed by atoms with Gasteiger partial charge in [-0.15, -0.1) is 0 Å². The first-order valence-corrected chi connectivity index (χ1v) is 10.4. The van der Waals surface area contributed by atoms with Gasteiger partial charge in [0.25, 0.3) is 0 Å². The molecule has 0 amide bonds. The molecule has 0 radical (unpaired) electrons. The van der Waals surface area contributed by atoms with Crippen LogP contribution in [0.4, 0.5) is 18.9 Å². The topological polar surface area (TPSA) is 12.4 Å². The van der Waals surface area contributed by atoms with Gasteiger partial charge >= 0.3 is 0 Å². The lowest BCUT2D eigenvalue weighted by atomic mass is 10.0. The van der Waals surface area contributed by atoms with Gasteiger partial charge in [0, 0.05) is 11.1 Å². The molecular weight excluding hydrogens is 415 g/mol. The van der Waals surface area contributed by atoms with Gasteiger partial charge in [0.1, 0.15) is 17.5 Å². The van der Waals surface area contributed by atoms with Crippen molar-refractivity contribution in [2.45, 2.75) is 32.6 Å². The highest BCUT2D eigenvalue weighted by molar-refractivity contribution is 7.78. The van der Waals surface area contributed by atoms with Gasteiger partial charge < -0.3 is 0 Å². The average Bonchev–Trinajstić information content (AvgIpc) is 2.74. The first-order valence-electron chi connectivity index (χ1n) is 9.99. The van der Waals surface area contributed by atoms with E-state index in [-0.39, 0.29) is 5.56 Å². The molecule has 0 aliphatic carbocycles. The Bertz CT molecular complexity index is 1160. The van der Waals surface area contributed by atoms with Gasteiger partial charge in [0.2, 0.25) is 0 Å². The monoisotopic (exact) mass is 435 g/mol. The van der Waals surface area contributed by atoms with Crippen LogP contribution in [0.3, 0.4) is 0 Å². The molecule has 0 N–H and O–H groups in total. The van der Waals surface area contributed by atoms with Crippen LogP contribution in [0.1, 0.15) is 42.9 Å². The van der Waals surface area contributed by atoms with Crippen LogP contribution in [-0.4, -0.2) is 5.16 Å². The predicted octanol–water partition coefficient (Wildman–Crippen LogP) is 7.64. The third-order valence-electron chi connectivity index (χ3n) is 4.82. The van der Waals surface area contributed by atoms with Crippen molar-refractivity contribution >= 4 is 23.1 Å². The van der Waals surface area contributed by atoms with Gasteiger partial charge in [0.15, 0.2) is 0 Å². The van der Waals surface area contributed by atoms with Crippen LogP contribution in [0.25, 0.3) is 11.1 Å². The highest BCUT2D eigenvalue weighted by atomic mass is 32.1. The number of rotatable bonds is 6. The highest BCUT2D eigenvalue weighted by Crippen LogP contribution is 2.26. The number of unbranched alkanes of at least 4 members (excludes halogenated alkanes) is 2. The van der Waals surface area contributed by atoms with Crippen molar-refractivity contribution in [3.63, 3.8) is 0 Å². The lowest BCUT2D eigenvalue weighted by Crippen LogP contribution is -1.95. The Hall–Kier alpha value is -3.19. The van der Waals surface area contributed by atoms with Crippen LogP contribution in [0.2, 0.25) is 0 Å². The van der Waals surface area contributed by atoms with Crippen molar-refractivity contribution in [2.75, 3.05) is 0 Å². The van der Waals surface area contributed by atoms with E-state index in [1.807, 2.05) is 0 Å². The second kappa shape index (κ2) is 10.7. The first-order chi connectivity index (χ1) is 15.0. The molecule has 0 saturated carbocycles. The minimum atomic E-state index is -0.699. The van der Waals surface area contributed by atoms with Gasteiger partial charge in [-0.05, 0) is 72.6 Å². The summed E-state index contributed by atoms with van der Waals surface area (Å²) in [4.78, 5) is 3.86. The molecule has 0 heterocycles. The normalized spacial score (nSPS) is 10.2. The zero-order valence-electron chi connectivity index (χ0n) is 17.0. The number of nitrogens with zero attached hydrogens (tertiary/aromatic N) is 1. The fraction of sp³-hybridized carbons (Fsp3) is 0.192. The number of thiocarbonyl (C=S) groups is 1. The van der Waals surface area contributed by atoms with Crippen molar-refractivity contribution in [3.8, 4) is 23.0 Å². The van der Waals surface area contributed by atoms with E-state index in [4.69, 9.17) is 0 Å². The van der Waals surface area contributed by atoms with Crippen molar-refractivity contribution < 1.29 is 13.2 Å². The smallest absolute Gasteiger partial charge is 0.142 e. The quantitative estimate of drug-likeness (QED) is 0.168. The van der Waals surface area contributed by atoms with E-state index in [1.165, 1.54) is 18.2 Å². The second-order valence-corrected chi connectivity index (χ2v) is 7.27. The standard InChI is InChI=1S/C26H20F3NS/c1-2-3-4-5-19-15-25(28)23(26(29)16-19)13-7-18-6-12-22(24(27)14-18)20-8-10-21(11-9-20)30-17-31/h6,8-12,14-16H,2-5H2,1H3. The number of hydrogen-bond acceptors (Lipinski definition) is 2. The summed E-state index contributed by atoms with van der Waals surface area (Å²) < 4.78 is 43.3. The lowest BCUT2D eigenvalue weighted by Gasteiger charge is -2.05. The van der Waals surface area contributed by atoms with E-state index in [2.05, 4.69) is 41.1 Å². The summed E-state index contributed by atoms with van der Waals surface area (Å²) in [5.74, 6) is 3.28. The Morgan fingerprint density at radius 1 is 0.839 bits per heavy atom. The predicted molar refractivity (Wildman–Crippen MR) is 122 cm³/mol. The number of halogens is 3. The molecule has 0 atom stereocenters. The molecule has 0 aliphatic rings. The molecule has 31 heavy (non-hydrogen) atoms. The molecule has 0 unspecified atom stereocenters. The van der Waals surface area contributed by atoms with E-state index in [9.17, 15) is 13.2 Å². The molecule has 5 heteroatoms. The van der Waals surface area contributed by atoms with E-state index in [0.717, 1.165) is 19.3 Å². The Morgan fingerprint density at radius 2 is 1.55 bits per heavy atom. The molecule has 0 bridgehead atoms. The maximum atomic E-state index is 14.6. The number of isothiocyanates is 1. The Morgan fingerprint density at radius 3 is 2.16 bits per heavy atom. The number of aryl methyl sites for hydroxylation is 1. The first kappa shape index (κ1) is 22.5. The van der Waals surface area contributed by atoms with Crippen molar-refractivity contribution in [2.24, 2.45) is 4.99 Å². The number of benzene rings is 3. The minimum Gasteiger partial charge on any atom is -0.206 e. The van der Waals surface area contributed by atoms with Crippen molar-refractivity contribution in [1.29, 1.82) is 0 Å². The molecule has 3 aromatic carbocycles. The average molecular weight is 436 g/mol. The Balaban J connectivity index is 1.81. The Labute approximate surface area is 185 Å². The molecule has 3 aromatic rings. The molecule has 0 aromatic heterocycles. The minimum absolute atomic E-state index is 0.307. The fourth-order valence-electron chi connectivity index (χ4n) is 3.20. The summed E-state index contributed by atoms with van der Waals surface area (Å²) in [6.07, 6.45) is 3.56.